The summed E-state index contributed by atoms with van der Waals surface area (Å²) in [5, 5.41) is 0.00572. The highest BCUT2D eigenvalue weighted by Gasteiger charge is 2.16. The van der Waals surface area contributed by atoms with Crippen molar-refractivity contribution in [2.45, 2.75) is 38.2 Å². The Morgan fingerprint density at radius 3 is 2.50 bits per heavy atom. The van der Waals surface area contributed by atoms with E-state index in [-0.39, 0.29) is 11.2 Å². The molecule has 0 aliphatic heterocycles. The molecule has 1 aliphatic carbocycles. The lowest BCUT2D eigenvalue weighted by Crippen LogP contribution is -2.14. The van der Waals surface area contributed by atoms with Crippen LogP contribution in [-0.4, -0.2) is 11.2 Å². The van der Waals surface area contributed by atoms with Crippen LogP contribution in [0.3, 0.4) is 0 Å². The van der Waals surface area contributed by atoms with Gasteiger partial charge in [-0.25, -0.2) is 0 Å². The van der Waals surface area contributed by atoms with E-state index in [9.17, 15) is 4.79 Å². The molecule has 0 atom stereocenters. The smallest absolute Gasteiger partial charge is 0.246 e. The SMILES string of the molecule is O=C(SOC1CCCCC1)c1ccccc1. The lowest BCUT2D eigenvalue weighted by molar-refractivity contribution is 0.106. The van der Waals surface area contributed by atoms with E-state index in [1.807, 2.05) is 30.3 Å². The van der Waals surface area contributed by atoms with Crippen LogP contribution >= 0.6 is 12.0 Å². The van der Waals surface area contributed by atoms with Gasteiger partial charge in [0, 0.05) is 5.56 Å². The second-order valence-electron chi connectivity index (χ2n) is 4.09. The van der Waals surface area contributed by atoms with Crippen molar-refractivity contribution >= 4 is 17.2 Å². The summed E-state index contributed by atoms with van der Waals surface area (Å²) in [5.74, 6) is 0. The van der Waals surface area contributed by atoms with E-state index < -0.39 is 0 Å². The molecule has 3 heteroatoms. The van der Waals surface area contributed by atoms with Crippen molar-refractivity contribution in [1.29, 1.82) is 0 Å². The lowest BCUT2D eigenvalue weighted by atomic mass is 9.98. The Hall–Kier alpha value is -0.800. The van der Waals surface area contributed by atoms with Gasteiger partial charge in [0.1, 0.15) is 0 Å². The first-order valence-electron chi connectivity index (χ1n) is 5.79. The molecule has 2 rings (SSSR count). The molecule has 86 valence electrons. The van der Waals surface area contributed by atoms with Crippen molar-refractivity contribution in [3.05, 3.63) is 35.9 Å². The second-order valence-corrected chi connectivity index (χ2v) is 4.82. The molecule has 0 heterocycles. The molecular weight excluding hydrogens is 220 g/mol. The maximum absolute atomic E-state index is 11.7. The molecule has 0 unspecified atom stereocenters. The largest absolute Gasteiger partial charge is 0.304 e. The average molecular weight is 236 g/mol. The Balaban J connectivity index is 1.79. The summed E-state index contributed by atoms with van der Waals surface area (Å²) in [5.41, 5.74) is 0.711. The van der Waals surface area contributed by atoms with Crippen molar-refractivity contribution in [1.82, 2.24) is 0 Å². The van der Waals surface area contributed by atoms with Gasteiger partial charge in [0.25, 0.3) is 0 Å². The number of carbonyl (C=O) groups is 1. The van der Waals surface area contributed by atoms with Crippen LogP contribution in [0.1, 0.15) is 42.5 Å². The van der Waals surface area contributed by atoms with Gasteiger partial charge in [-0.1, -0.05) is 49.6 Å². The average Bonchev–Trinajstić information content (AvgIpc) is 2.38. The standard InChI is InChI=1S/C13H16O2S/c14-13(11-7-3-1-4-8-11)16-15-12-9-5-2-6-10-12/h1,3-4,7-8,12H,2,5-6,9-10H2. The third-order valence-electron chi connectivity index (χ3n) is 2.82. The summed E-state index contributed by atoms with van der Waals surface area (Å²) < 4.78 is 5.57. The fourth-order valence-corrected chi connectivity index (χ4v) is 2.54. The van der Waals surface area contributed by atoms with E-state index in [1.54, 1.807) is 0 Å². The highest BCUT2D eigenvalue weighted by molar-refractivity contribution is 8.10. The van der Waals surface area contributed by atoms with Crippen LogP contribution in [0.15, 0.2) is 30.3 Å². The Labute approximate surface area is 101 Å². The van der Waals surface area contributed by atoms with Gasteiger partial charge in [0.15, 0.2) is 0 Å². The predicted octanol–water partition coefficient (Wildman–Crippen LogP) is 3.82. The highest BCUT2D eigenvalue weighted by Crippen LogP contribution is 2.25. The summed E-state index contributed by atoms with van der Waals surface area (Å²) in [7, 11) is 0. The first-order chi connectivity index (χ1) is 7.86. The first kappa shape index (κ1) is 11.7. The monoisotopic (exact) mass is 236 g/mol. The van der Waals surface area contributed by atoms with Crippen LogP contribution in [0.4, 0.5) is 0 Å². The predicted molar refractivity (Wildman–Crippen MR) is 66.3 cm³/mol. The molecule has 1 aromatic rings. The summed E-state index contributed by atoms with van der Waals surface area (Å²) in [6.45, 7) is 0. The molecule has 0 radical (unpaired) electrons. The van der Waals surface area contributed by atoms with Gasteiger partial charge < -0.3 is 4.18 Å². The molecule has 1 aromatic carbocycles. The van der Waals surface area contributed by atoms with E-state index >= 15 is 0 Å². The maximum Gasteiger partial charge on any atom is 0.246 e. The topological polar surface area (TPSA) is 26.3 Å². The van der Waals surface area contributed by atoms with Gasteiger partial charge >= 0.3 is 0 Å². The lowest BCUT2D eigenvalue weighted by Gasteiger charge is -2.20. The third kappa shape index (κ3) is 3.35. The number of rotatable bonds is 3. The quantitative estimate of drug-likeness (QED) is 0.746. The first-order valence-corrected chi connectivity index (χ1v) is 6.53. The Kier molecular flexibility index (Phi) is 4.43. The molecule has 16 heavy (non-hydrogen) atoms. The van der Waals surface area contributed by atoms with Crippen LogP contribution < -0.4 is 0 Å². The van der Waals surface area contributed by atoms with Crippen molar-refractivity contribution in [2.75, 3.05) is 0 Å². The molecule has 1 fully saturated rings. The van der Waals surface area contributed by atoms with Crippen LogP contribution in [0.25, 0.3) is 0 Å². The zero-order valence-electron chi connectivity index (χ0n) is 9.22. The summed E-state index contributed by atoms with van der Waals surface area (Å²) in [4.78, 5) is 11.7. The number of benzene rings is 1. The van der Waals surface area contributed by atoms with Gasteiger partial charge in [-0.2, -0.15) is 0 Å². The molecule has 0 bridgehead atoms. The Bertz CT molecular complexity index is 331. The molecule has 0 N–H and O–H groups in total. The maximum atomic E-state index is 11.7. The minimum absolute atomic E-state index is 0.00572. The van der Waals surface area contributed by atoms with Gasteiger partial charge in [-0.3, -0.25) is 4.79 Å². The van der Waals surface area contributed by atoms with Crippen molar-refractivity contribution in [3.8, 4) is 0 Å². The van der Waals surface area contributed by atoms with Crippen LogP contribution in [0.5, 0.6) is 0 Å². The molecule has 2 nitrogen and oxygen atoms in total. The molecule has 1 aliphatic rings. The summed E-state index contributed by atoms with van der Waals surface area (Å²) in [6.07, 6.45) is 6.21. The summed E-state index contributed by atoms with van der Waals surface area (Å²) in [6, 6.07) is 9.28. The van der Waals surface area contributed by atoms with Gasteiger partial charge in [-0.05, 0) is 12.8 Å². The number of hydrogen-bond donors (Lipinski definition) is 0. The molecule has 0 aromatic heterocycles. The van der Waals surface area contributed by atoms with Crippen LogP contribution in [0.2, 0.25) is 0 Å². The van der Waals surface area contributed by atoms with Gasteiger partial charge in [0.2, 0.25) is 5.12 Å². The van der Waals surface area contributed by atoms with E-state index in [1.165, 1.54) is 19.3 Å². The fourth-order valence-electron chi connectivity index (χ4n) is 1.90. The Morgan fingerprint density at radius 2 is 1.81 bits per heavy atom. The minimum Gasteiger partial charge on any atom is -0.304 e. The summed E-state index contributed by atoms with van der Waals surface area (Å²) >= 11 is 0.997. The Morgan fingerprint density at radius 1 is 1.12 bits per heavy atom. The van der Waals surface area contributed by atoms with E-state index in [0.717, 1.165) is 24.9 Å². The molecule has 1 saturated carbocycles. The van der Waals surface area contributed by atoms with Gasteiger partial charge in [0.05, 0.1) is 18.1 Å². The normalized spacial score (nSPS) is 17.2. The van der Waals surface area contributed by atoms with Crippen LogP contribution in [-0.2, 0) is 4.18 Å². The molecule has 0 spiro atoms. The zero-order valence-corrected chi connectivity index (χ0v) is 10.0. The highest BCUT2D eigenvalue weighted by atomic mass is 32.2. The third-order valence-corrected chi connectivity index (χ3v) is 3.58. The van der Waals surface area contributed by atoms with Crippen molar-refractivity contribution in [2.24, 2.45) is 0 Å². The van der Waals surface area contributed by atoms with Crippen molar-refractivity contribution in [3.63, 3.8) is 0 Å². The number of carbonyl (C=O) groups excluding carboxylic acids is 1. The molecule has 0 saturated heterocycles. The second kappa shape index (κ2) is 6.06. The van der Waals surface area contributed by atoms with E-state index in [0.29, 0.717) is 5.56 Å². The molecular formula is C13H16O2S. The fraction of sp³-hybridized carbons (Fsp3) is 0.462. The van der Waals surface area contributed by atoms with E-state index in [4.69, 9.17) is 4.18 Å². The number of hydrogen-bond acceptors (Lipinski definition) is 3. The van der Waals surface area contributed by atoms with Crippen molar-refractivity contribution < 1.29 is 8.98 Å². The van der Waals surface area contributed by atoms with E-state index in [2.05, 4.69) is 0 Å². The molecule has 0 amide bonds. The minimum atomic E-state index is 0.00572. The van der Waals surface area contributed by atoms with Gasteiger partial charge in [-0.15, -0.1) is 0 Å². The zero-order chi connectivity index (χ0) is 11.2. The van der Waals surface area contributed by atoms with Crippen LogP contribution in [0, 0.1) is 0 Å².